The predicted octanol–water partition coefficient (Wildman–Crippen LogP) is 2.65. The molecule has 24 heavy (non-hydrogen) atoms. The predicted molar refractivity (Wildman–Crippen MR) is 94.3 cm³/mol. The number of nitrogens with one attached hydrogen (secondary N) is 2. The quantitative estimate of drug-likeness (QED) is 0.854. The number of hydrogen-bond donors (Lipinski definition) is 2. The lowest BCUT2D eigenvalue weighted by Crippen LogP contribution is -2.26. The molecule has 0 radical (unpaired) electrons. The Hall–Kier alpha value is -2.37. The molecule has 2 aromatic rings. The molecule has 6 heteroatoms. The number of hydrogen-bond acceptors (Lipinski definition) is 3. The first-order chi connectivity index (χ1) is 11.3. The van der Waals surface area contributed by atoms with Gasteiger partial charge in [-0.2, -0.15) is 5.10 Å². The van der Waals surface area contributed by atoms with Crippen LogP contribution >= 0.6 is 0 Å². The van der Waals surface area contributed by atoms with E-state index in [-0.39, 0.29) is 17.4 Å². The Kier molecular flexibility index (Phi) is 5.59. The molecule has 0 saturated heterocycles. The number of aromatic nitrogens is 3. The molecule has 0 aromatic carbocycles. The van der Waals surface area contributed by atoms with E-state index in [1.807, 2.05) is 32.4 Å². The fourth-order valence-electron chi connectivity index (χ4n) is 2.83. The number of aromatic amines is 1. The topological polar surface area (TPSA) is 79.8 Å². The molecule has 2 rings (SSSR count). The first kappa shape index (κ1) is 18.0. The summed E-state index contributed by atoms with van der Waals surface area (Å²) in [4.78, 5) is 26.8. The molecular formula is C18H26N4O2. The summed E-state index contributed by atoms with van der Waals surface area (Å²) in [5, 5.41) is 7.48. The lowest BCUT2D eigenvalue weighted by molar-refractivity contribution is 0.0949. The van der Waals surface area contributed by atoms with Crippen LogP contribution < -0.4 is 10.9 Å². The Morgan fingerprint density at radius 1 is 1.33 bits per heavy atom. The van der Waals surface area contributed by atoms with Crippen LogP contribution in [-0.4, -0.2) is 20.7 Å². The van der Waals surface area contributed by atoms with E-state index in [1.54, 1.807) is 6.07 Å². The highest BCUT2D eigenvalue weighted by molar-refractivity contribution is 5.95. The molecular weight excluding hydrogens is 304 g/mol. The average Bonchev–Trinajstić information content (AvgIpc) is 2.79. The number of aryl methyl sites for hydroxylation is 2. The van der Waals surface area contributed by atoms with Crippen molar-refractivity contribution in [3.8, 4) is 0 Å². The van der Waals surface area contributed by atoms with Crippen molar-refractivity contribution in [2.45, 2.75) is 60.0 Å². The highest BCUT2D eigenvalue weighted by Crippen LogP contribution is 2.16. The lowest BCUT2D eigenvalue weighted by atomic mass is 10.0. The molecule has 0 atom stereocenters. The molecule has 2 aromatic heterocycles. The average molecular weight is 330 g/mol. The van der Waals surface area contributed by atoms with Crippen molar-refractivity contribution < 1.29 is 4.79 Å². The van der Waals surface area contributed by atoms with Gasteiger partial charge in [-0.05, 0) is 32.3 Å². The molecule has 0 aliphatic heterocycles. The number of H-pyrrole nitrogens is 1. The van der Waals surface area contributed by atoms with Crippen LogP contribution in [0.2, 0.25) is 0 Å². The van der Waals surface area contributed by atoms with Gasteiger partial charge in [0.05, 0.1) is 11.3 Å². The Morgan fingerprint density at radius 2 is 2.04 bits per heavy atom. The molecule has 0 unspecified atom stereocenters. The number of carbonyl (C=O) groups is 1. The van der Waals surface area contributed by atoms with Crippen LogP contribution in [0.3, 0.4) is 0 Å². The second-order valence-electron chi connectivity index (χ2n) is 6.36. The highest BCUT2D eigenvalue weighted by atomic mass is 16.1. The van der Waals surface area contributed by atoms with Gasteiger partial charge in [0.1, 0.15) is 0 Å². The van der Waals surface area contributed by atoms with Gasteiger partial charge in [0, 0.05) is 36.1 Å². The fourth-order valence-corrected chi connectivity index (χ4v) is 2.83. The van der Waals surface area contributed by atoms with E-state index < -0.39 is 0 Å². The van der Waals surface area contributed by atoms with Gasteiger partial charge >= 0.3 is 0 Å². The summed E-state index contributed by atoms with van der Waals surface area (Å²) in [7, 11) is 0. The van der Waals surface area contributed by atoms with Crippen LogP contribution in [-0.2, 0) is 13.1 Å². The Morgan fingerprint density at radius 3 is 2.67 bits per heavy atom. The van der Waals surface area contributed by atoms with Crippen LogP contribution in [0, 0.1) is 13.8 Å². The van der Waals surface area contributed by atoms with Crippen LogP contribution in [0.15, 0.2) is 16.9 Å². The van der Waals surface area contributed by atoms with E-state index in [2.05, 4.69) is 22.3 Å². The Balaban J connectivity index is 2.19. The van der Waals surface area contributed by atoms with Crippen LogP contribution in [0.1, 0.15) is 66.1 Å². The summed E-state index contributed by atoms with van der Waals surface area (Å²) in [6.45, 7) is 11.3. The second kappa shape index (κ2) is 7.47. The number of pyridine rings is 1. The van der Waals surface area contributed by atoms with E-state index in [1.165, 1.54) is 6.07 Å². The van der Waals surface area contributed by atoms with Gasteiger partial charge in [0.2, 0.25) is 5.56 Å². The molecule has 0 aliphatic carbocycles. The van der Waals surface area contributed by atoms with Crippen molar-refractivity contribution in [1.29, 1.82) is 0 Å². The summed E-state index contributed by atoms with van der Waals surface area (Å²) in [5.41, 5.74) is 4.05. The van der Waals surface area contributed by atoms with Gasteiger partial charge in [-0.3, -0.25) is 14.3 Å². The molecule has 6 nitrogen and oxygen atoms in total. The summed E-state index contributed by atoms with van der Waals surface area (Å²) in [6.07, 6.45) is 1.02. The molecule has 2 N–H and O–H groups in total. The highest BCUT2D eigenvalue weighted by Gasteiger charge is 2.17. The van der Waals surface area contributed by atoms with Crippen LogP contribution in [0.25, 0.3) is 0 Å². The van der Waals surface area contributed by atoms with Gasteiger partial charge in [-0.1, -0.05) is 20.8 Å². The first-order valence-corrected chi connectivity index (χ1v) is 8.39. The van der Waals surface area contributed by atoms with Gasteiger partial charge < -0.3 is 10.3 Å². The van der Waals surface area contributed by atoms with Crippen molar-refractivity contribution in [3.05, 3.63) is 50.7 Å². The monoisotopic (exact) mass is 330 g/mol. The van der Waals surface area contributed by atoms with Gasteiger partial charge in [0.15, 0.2) is 0 Å². The second-order valence-corrected chi connectivity index (χ2v) is 6.36. The molecule has 2 heterocycles. The summed E-state index contributed by atoms with van der Waals surface area (Å²) in [6, 6.07) is 2.97. The Labute approximate surface area is 142 Å². The summed E-state index contributed by atoms with van der Waals surface area (Å²) in [5.74, 6) is -0.118. The third-order valence-electron chi connectivity index (χ3n) is 4.16. The molecule has 0 bridgehead atoms. The fraction of sp³-hybridized carbons (Fsp3) is 0.500. The van der Waals surface area contributed by atoms with E-state index in [4.69, 9.17) is 0 Å². The van der Waals surface area contributed by atoms with Gasteiger partial charge in [-0.25, -0.2) is 0 Å². The minimum Gasteiger partial charge on any atom is -0.348 e. The first-order valence-electron chi connectivity index (χ1n) is 8.39. The van der Waals surface area contributed by atoms with Gasteiger partial charge in [-0.15, -0.1) is 0 Å². The van der Waals surface area contributed by atoms with Crippen molar-refractivity contribution in [1.82, 2.24) is 20.1 Å². The summed E-state index contributed by atoms with van der Waals surface area (Å²) >= 11 is 0. The van der Waals surface area contributed by atoms with Gasteiger partial charge in [0.25, 0.3) is 5.91 Å². The third-order valence-corrected chi connectivity index (χ3v) is 4.16. The number of amides is 1. The smallest absolute Gasteiger partial charge is 0.253 e. The van der Waals surface area contributed by atoms with Crippen LogP contribution in [0.5, 0.6) is 0 Å². The molecule has 0 fully saturated rings. The van der Waals surface area contributed by atoms with Crippen molar-refractivity contribution in [2.75, 3.05) is 0 Å². The maximum Gasteiger partial charge on any atom is 0.253 e. The maximum absolute atomic E-state index is 12.5. The normalized spacial score (nSPS) is 11.1. The van der Waals surface area contributed by atoms with E-state index >= 15 is 0 Å². The zero-order valence-corrected chi connectivity index (χ0v) is 15.1. The lowest BCUT2D eigenvalue weighted by Gasteiger charge is -2.12. The molecule has 0 spiro atoms. The van der Waals surface area contributed by atoms with Crippen molar-refractivity contribution >= 4 is 5.91 Å². The molecule has 0 aliphatic rings. The number of rotatable bonds is 6. The van der Waals surface area contributed by atoms with Crippen molar-refractivity contribution in [3.63, 3.8) is 0 Å². The number of nitrogens with zero attached hydrogens (tertiary/aromatic N) is 2. The summed E-state index contributed by atoms with van der Waals surface area (Å²) < 4.78 is 1.98. The largest absolute Gasteiger partial charge is 0.348 e. The van der Waals surface area contributed by atoms with Crippen molar-refractivity contribution in [2.24, 2.45) is 0 Å². The molecule has 0 saturated carbocycles. The number of carbonyl (C=O) groups excluding carboxylic acids is 1. The third kappa shape index (κ3) is 3.75. The van der Waals surface area contributed by atoms with E-state index in [9.17, 15) is 9.59 Å². The zero-order valence-electron chi connectivity index (χ0n) is 15.1. The SMILES string of the molecule is CCCn1nc(C)c(CNC(=O)c2ccc(=O)[nH]c2C(C)C)c1C. The maximum atomic E-state index is 12.5. The zero-order chi connectivity index (χ0) is 17.9. The minimum atomic E-state index is -0.192. The standard InChI is InChI=1S/C18H26N4O2/c1-6-9-22-13(5)15(12(4)21-22)10-19-18(24)14-7-8-16(23)20-17(14)11(2)3/h7-8,11H,6,9-10H2,1-5H3,(H,19,24)(H,20,23). The minimum absolute atomic E-state index is 0.0652. The van der Waals surface area contributed by atoms with Crippen LogP contribution in [0.4, 0.5) is 0 Å². The molecule has 130 valence electrons. The molecule has 1 amide bonds. The van der Waals surface area contributed by atoms with E-state index in [0.717, 1.165) is 29.9 Å². The van der Waals surface area contributed by atoms with E-state index in [0.29, 0.717) is 17.8 Å². The Bertz CT molecular complexity index is 787.